The van der Waals surface area contributed by atoms with Crippen LogP contribution in [0.3, 0.4) is 0 Å². The molecule has 1 rings (SSSR count). The SMILES string of the molecule is CCCCCCC(C)(C)c1cc(OC)cc(OCCCCCCCC(=O)NCC(F)(F)F)c1. The lowest BCUT2D eigenvalue weighted by atomic mass is 9.80. The van der Waals surface area contributed by atoms with Crippen molar-refractivity contribution in [1.82, 2.24) is 5.32 Å². The minimum atomic E-state index is -4.36. The molecule has 190 valence electrons. The fraction of sp³-hybridized carbons (Fsp3) is 0.731. The van der Waals surface area contributed by atoms with Gasteiger partial charge >= 0.3 is 6.18 Å². The first-order valence-electron chi connectivity index (χ1n) is 12.2. The van der Waals surface area contributed by atoms with E-state index < -0.39 is 18.6 Å². The molecule has 33 heavy (non-hydrogen) atoms. The average Bonchev–Trinajstić information content (AvgIpc) is 2.76. The highest BCUT2D eigenvalue weighted by Gasteiger charge is 2.27. The number of hydrogen-bond donors (Lipinski definition) is 1. The lowest BCUT2D eigenvalue weighted by Gasteiger charge is -2.26. The van der Waals surface area contributed by atoms with Gasteiger partial charge in [-0.25, -0.2) is 0 Å². The summed E-state index contributed by atoms with van der Waals surface area (Å²) in [6.45, 7) is 6.08. The largest absolute Gasteiger partial charge is 0.497 e. The van der Waals surface area contributed by atoms with Gasteiger partial charge < -0.3 is 14.8 Å². The van der Waals surface area contributed by atoms with Gasteiger partial charge in [-0.05, 0) is 42.4 Å². The normalized spacial score (nSPS) is 12.0. The van der Waals surface area contributed by atoms with Crippen molar-refractivity contribution in [3.8, 4) is 11.5 Å². The van der Waals surface area contributed by atoms with Crippen LogP contribution >= 0.6 is 0 Å². The first-order chi connectivity index (χ1) is 15.6. The topological polar surface area (TPSA) is 47.6 Å². The molecule has 0 unspecified atom stereocenters. The molecule has 1 N–H and O–H groups in total. The molecule has 0 atom stereocenters. The Kier molecular flexibility index (Phi) is 13.3. The quantitative estimate of drug-likeness (QED) is 0.241. The van der Waals surface area contributed by atoms with Crippen molar-refractivity contribution in [3.05, 3.63) is 23.8 Å². The van der Waals surface area contributed by atoms with Crippen LogP contribution in [0.25, 0.3) is 0 Å². The number of nitrogens with one attached hydrogen (secondary N) is 1. The number of carbonyl (C=O) groups excluding carboxylic acids is 1. The van der Waals surface area contributed by atoms with Crippen LogP contribution in [0.1, 0.15) is 97.0 Å². The summed E-state index contributed by atoms with van der Waals surface area (Å²) >= 11 is 0. The smallest absolute Gasteiger partial charge is 0.405 e. The zero-order valence-corrected chi connectivity index (χ0v) is 20.8. The maximum atomic E-state index is 12.1. The Hall–Kier alpha value is -1.92. The summed E-state index contributed by atoms with van der Waals surface area (Å²) in [4.78, 5) is 11.4. The summed E-state index contributed by atoms with van der Waals surface area (Å²) in [5.74, 6) is 1.07. The van der Waals surface area contributed by atoms with Gasteiger partial charge in [-0.1, -0.05) is 65.7 Å². The zero-order chi connectivity index (χ0) is 24.7. The van der Waals surface area contributed by atoms with Crippen LogP contribution in [0, 0.1) is 0 Å². The van der Waals surface area contributed by atoms with Crippen molar-refractivity contribution in [2.45, 2.75) is 103 Å². The van der Waals surface area contributed by atoms with Crippen LogP contribution in [0.4, 0.5) is 13.2 Å². The first-order valence-corrected chi connectivity index (χ1v) is 12.2. The number of carbonyl (C=O) groups is 1. The van der Waals surface area contributed by atoms with Crippen LogP contribution < -0.4 is 14.8 Å². The van der Waals surface area contributed by atoms with E-state index in [1.165, 1.54) is 31.2 Å². The third-order valence-corrected chi connectivity index (χ3v) is 5.86. The van der Waals surface area contributed by atoms with E-state index in [2.05, 4.69) is 32.9 Å². The predicted octanol–water partition coefficient (Wildman–Crippen LogP) is 7.34. The molecule has 0 aliphatic carbocycles. The van der Waals surface area contributed by atoms with Crippen LogP contribution in [0.2, 0.25) is 0 Å². The Morgan fingerprint density at radius 2 is 1.55 bits per heavy atom. The summed E-state index contributed by atoms with van der Waals surface area (Å²) in [6.07, 6.45) is 6.02. The predicted molar refractivity (Wildman–Crippen MR) is 127 cm³/mol. The van der Waals surface area contributed by atoms with Gasteiger partial charge in [-0.2, -0.15) is 13.2 Å². The van der Waals surface area contributed by atoms with E-state index in [0.717, 1.165) is 43.6 Å². The molecule has 7 heteroatoms. The Bertz CT molecular complexity index is 690. The highest BCUT2D eigenvalue weighted by molar-refractivity contribution is 5.75. The van der Waals surface area contributed by atoms with E-state index in [-0.39, 0.29) is 11.8 Å². The van der Waals surface area contributed by atoms with Gasteiger partial charge in [0, 0.05) is 12.5 Å². The maximum absolute atomic E-state index is 12.1. The summed E-state index contributed by atoms with van der Waals surface area (Å²) in [7, 11) is 1.67. The molecule has 0 aromatic heterocycles. The molecule has 0 radical (unpaired) electrons. The van der Waals surface area contributed by atoms with Crippen LogP contribution in [-0.2, 0) is 10.2 Å². The van der Waals surface area contributed by atoms with Gasteiger partial charge in [0.1, 0.15) is 18.0 Å². The van der Waals surface area contributed by atoms with Gasteiger partial charge in [0.15, 0.2) is 0 Å². The van der Waals surface area contributed by atoms with E-state index in [0.29, 0.717) is 13.0 Å². The molecule has 0 aliphatic heterocycles. The number of methoxy groups -OCH3 is 1. The summed E-state index contributed by atoms with van der Waals surface area (Å²) in [5.41, 5.74) is 1.27. The average molecular weight is 474 g/mol. The number of benzene rings is 1. The van der Waals surface area contributed by atoms with E-state index in [1.54, 1.807) is 7.11 Å². The van der Waals surface area contributed by atoms with Crippen molar-refractivity contribution < 1.29 is 27.4 Å². The van der Waals surface area contributed by atoms with Gasteiger partial charge in [0.2, 0.25) is 5.91 Å². The second-order valence-corrected chi connectivity index (χ2v) is 9.35. The molecule has 0 bridgehead atoms. The Morgan fingerprint density at radius 3 is 2.21 bits per heavy atom. The lowest BCUT2D eigenvalue weighted by Crippen LogP contribution is -2.33. The van der Waals surface area contributed by atoms with Crippen molar-refractivity contribution in [3.63, 3.8) is 0 Å². The minimum Gasteiger partial charge on any atom is -0.497 e. The number of rotatable bonds is 17. The van der Waals surface area contributed by atoms with Gasteiger partial charge in [-0.15, -0.1) is 0 Å². The molecule has 0 heterocycles. The molecular formula is C26H42F3NO3. The number of halogens is 3. The van der Waals surface area contributed by atoms with Gasteiger partial charge in [0.05, 0.1) is 13.7 Å². The number of unbranched alkanes of at least 4 members (excludes halogenated alkanes) is 7. The van der Waals surface area contributed by atoms with Crippen molar-refractivity contribution >= 4 is 5.91 Å². The molecule has 1 amide bonds. The van der Waals surface area contributed by atoms with Crippen molar-refractivity contribution in [1.29, 1.82) is 0 Å². The molecule has 4 nitrogen and oxygen atoms in total. The second kappa shape index (κ2) is 15.1. The Balaban J connectivity index is 2.34. The van der Waals surface area contributed by atoms with Crippen LogP contribution in [0.15, 0.2) is 18.2 Å². The fourth-order valence-electron chi connectivity index (χ4n) is 3.70. The Labute approximate surface area is 197 Å². The number of hydrogen-bond acceptors (Lipinski definition) is 3. The van der Waals surface area contributed by atoms with E-state index in [9.17, 15) is 18.0 Å². The van der Waals surface area contributed by atoms with E-state index in [1.807, 2.05) is 11.4 Å². The summed E-state index contributed by atoms with van der Waals surface area (Å²) in [6, 6.07) is 6.12. The Morgan fingerprint density at radius 1 is 0.909 bits per heavy atom. The van der Waals surface area contributed by atoms with E-state index >= 15 is 0 Å². The van der Waals surface area contributed by atoms with Crippen molar-refractivity contribution in [2.75, 3.05) is 20.3 Å². The number of alkyl halides is 3. The first kappa shape index (κ1) is 29.1. The number of amides is 1. The number of ether oxygens (including phenoxy) is 2. The zero-order valence-electron chi connectivity index (χ0n) is 20.8. The van der Waals surface area contributed by atoms with Gasteiger partial charge in [0.25, 0.3) is 0 Å². The van der Waals surface area contributed by atoms with Gasteiger partial charge in [-0.3, -0.25) is 4.79 Å². The molecule has 0 aliphatic rings. The molecule has 0 saturated heterocycles. The molecule has 0 fully saturated rings. The highest BCUT2D eigenvalue weighted by Crippen LogP contribution is 2.35. The summed E-state index contributed by atoms with van der Waals surface area (Å²) < 4.78 is 47.7. The molecule has 0 spiro atoms. The fourth-order valence-corrected chi connectivity index (χ4v) is 3.70. The monoisotopic (exact) mass is 473 g/mol. The van der Waals surface area contributed by atoms with Crippen LogP contribution in [0.5, 0.6) is 11.5 Å². The van der Waals surface area contributed by atoms with Crippen molar-refractivity contribution in [2.24, 2.45) is 0 Å². The minimum absolute atomic E-state index is 0.0484. The maximum Gasteiger partial charge on any atom is 0.405 e. The molecule has 1 aromatic carbocycles. The lowest BCUT2D eigenvalue weighted by molar-refractivity contribution is -0.138. The molecular weight excluding hydrogens is 431 g/mol. The third-order valence-electron chi connectivity index (χ3n) is 5.86. The summed E-state index contributed by atoms with van der Waals surface area (Å²) in [5, 5.41) is 1.90. The standard InChI is InChI=1S/C26H42F3NO3/c1-5-6-7-12-15-25(2,3)21-17-22(32-4)19-23(18-21)33-16-13-10-8-9-11-14-24(31)30-20-26(27,28)29/h17-19H,5-16,20H2,1-4H3,(H,30,31). The second-order valence-electron chi connectivity index (χ2n) is 9.35. The molecule has 0 saturated carbocycles. The third kappa shape index (κ3) is 13.4. The molecule has 1 aromatic rings. The van der Waals surface area contributed by atoms with Crippen LogP contribution in [-0.4, -0.2) is 32.3 Å². The van der Waals surface area contributed by atoms with E-state index in [4.69, 9.17) is 9.47 Å². The highest BCUT2D eigenvalue weighted by atomic mass is 19.4.